The molecular formula is C13H20N4O2. The van der Waals surface area contributed by atoms with Crippen molar-refractivity contribution in [2.45, 2.75) is 13.0 Å². The molecule has 1 fully saturated rings. The molecule has 1 aromatic carbocycles. The zero-order valence-corrected chi connectivity index (χ0v) is 11.6. The van der Waals surface area contributed by atoms with Crippen molar-refractivity contribution in [3.8, 4) is 0 Å². The zero-order chi connectivity index (χ0) is 14.0. The molecule has 1 N–H and O–H groups in total. The van der Waals surface area contributed by atoms with Gasteiger partial charge < -0.3 is 15.1 Å². The summed E-state index contributed by atoms with van der Waals surface area (Å²) in [6, 6.07) is 5.82. The molecule has 1 aliphatic heterocycles. The molecular weight excluding hydrogens is 244 g/mol. The van der Waals surface area contributed by atoms with Gasteiger partial charge in [0.1, 0.15) is 11.4 Å². The lowest BCUT2D eigenvalue weighted by Gasteiger charge is -2.38. The van der Waals surface area contributed by atoms with E-state index in [1.54, 1.807) is 13.1 Å². The molecule has 1 aliphatic rings. The number of likely N-dealkylation sites (N-methyl/N-ethyl adjacent to an activating group) is 1. The molecule has 0 amide bonds. The van der Waals surface area contributed by atoms with Crippen molar-refractivity contribution in [1.82, 2.24) is 4.90 Å². The maximum atomic E-state index is 11.3. The maximum Gasteiger partial charge on any atom is 0.315 e. The van der Waals surface area contributed by atoms with E-state index in [1.807, 2.05) is 12.1 Å². The fraction of sp³-hybridized carbons (Fsp3) is 0.538. The number of anilines is 2. The van der Waals surface area contributed by atoms with Gasteiger partial charge in [-0.2, -0.15) is 0 Å². The van der Waals surface area contributed by atoms with E-state index >= 15 is 0 Å². The van der Waals surface area contributed by atoms with Gasteiger partial charge in [-0.15, -0.1) is 0 Å². The maximum absolute atomic E-state index is 11.3. The van der Waals surface area contributed by atoms with Crippen LogP contribution >= 0.6 is 0 Å². The second kappa shape index (κ2) is 5.44. The molecule has 0 saturated carbocycles. The number of nitro groups is 1. The zero-order valence-electron chi connectivity index (χ0n) is 11.6. The van der Waals surface area contributed by atoms with Gasteiger partial charge in [0, 0.05) is 32.7 Å². The molecule has 0 spiro atoms. The third-order valence-corrected chi connectivity index (χ3v) is 3.77. The van der Waals surface area contributed by atoms with Crippen LogP contribution in [0.5, 0.6) is 0 Å². The van der Waals surface area contributed by atoms with E-state index in [9.17, 15) is 10.1 Å². The van der Waals surface area contributed by atoms with E-state index in [0.29, 0.717) is 17.4 Å². The minimum atomic E-state index is -0.301. The Balaban J connectivity index is 2.37. The number of piperazine rings is 1. The van der Waals surface area contributed by atoms with Crippen molar-refractivity contribution in [2.75, 3.05) is 43.9 Å². The van der Waals surface area contributed by atoms with Crippen molar-refractivity contribution < 1.29 is 4.92 Å². The van der Waals surface area contributed by atoms with Gasteiger partial charge in [0.15, 0.2) is 0 Å². The highest BCUT2D eigenvalue weighted by atomic mass is 16.6. The SMILES string of the molecule is CNc1cccc(N2CCN(C)C(C)C2)c1[N+](=O)[O-]. The van der Waals surface area contributed by atoms with Gasteiger partial charge >= 0.3 is 5.69 Å². The highest BCUT2D eigenvalue weighted by Gasteiger charge is 2.27. The Morgan fingerprint density at radius 1 is 1.42 bits per heavy atom. The molecule has 0 aliphatic carbocycles. The van der Waals surface area contributed by atoms with Crippen LogP contribution in [0.4, 0.5) is 17.1 Å². The van der Waals surface area contributed by atoms with Gasteiger partial charge in [0.25, 0.3) is 0 Å². The number of benzene rings is 1. The number of hydrogen-bond donors (Lipinski definition) is 1. The Kier molecular flexibility index (Phi) is 3.90. The Morgan fingerprint density at radius 3 is 2.74 bits per heavy atom. The molecule has 0 aromatic heterocycles. The minimum Gasteiger partial charge on any atom is -0.382 e. The Labute approximate surface area is 113 Å². The van der Waals surface area contributed by atoms with E-state index in [2.05, 4.69) is 29.1 Å². The molecule has 1 atom stereocenters. The quantitative estimate of drug-likeness (QED) is 0.666. The van der Waals surface area contributed by atoms with Crippen molar-refractivity contribution in [1.29, 1.82) is 0 Å². The summed E-state index contributed by atoms with van der Waals surface area (Å²) in [5.74, 6) is 0. The predicted octanol–water partition coefficient (Wildman–Crippen LogP) is 1.78. The summed E-state index contributed by atoms with van der Waals surface area (Å²) in [5, 5.41) is 14.2. The molecule has 1 heterocycles. The molecule has 6 nitrogen and oxygen atoms in total. The van der Waals surface area contributed by atoms with Crippen molar-refractivity contribution in [3.63, 3.8) is 0 Å². The largest absolute Gasteiger partial charge is 0.382 e. The van der Waals surface area contributed by atoms with Crippen LogP contribution in [0, 0.1) is 10.1 Å². The number of nitro benzene ring substituents is 1. The summed E-state index contributed by atoms with van der Waals surface area (Å²) in [6.45, 7) is 4.68. The molecule has 6 heteroatoms. The molecule has 19 heavy (non-hydrogen) atoms. The minimum absolute atomic E-state index is 0.168. The van der Waals surface area contributed by atoms with Crippen molar-refractivity contribution in [3.05, 3.63) is 28.3 Å². The summed E-state index contributed by atoms with van der Waals surface area (Å²) in [5.41, 5.74) is 1.44. The normalized spacial score (nSPS) is 20.4. The second-order valence-electron chi connectivity index (χ2n) is 4.96. The third-order valence-electron chi connectivity index (χ3n) is 3.77. The van der Waals surface area contributed by atoms with Gasteiger partial charge in [-0.25, -0.2) is 0 Å². The van der Waals surface area contributed by atoms with Gasteiger partial charge in [-0.05, 0) is 26.1 Å². The smallest absolute Gasteiger partial charge is 0.315 e. The van der Waals surface area contributed by atoms with Gasteiger partial charge in [-0.3, -0.25) is 10.1 Å². The Morgan fingerprint density at radius 2 is 2.16 bits per heavy atom. The fourth-order valence-electron chi connectivity index (χ4n) is 2.45. The van der Waals surface area contributed by atoms with Gasteiger partial charge in [0.2, 0.25) is 0 Å². The van der Waals surface area contributed by atoms with Crippen LogP contribution in [0.25, 0.3) is 0 Å². The summed E-state index contributed by atoms with van der Waals surface area (Å²) in [7, 11) is 3.79. The average molecular weight is 264 g/mol. The monoisotopic (exact) mass is 264 g/mol. The number of rotatable bonds is 3. The summed E-state index contributed by atoms with van der Waals surface area (Å²) in [6.07, 6.45) is 0. The van der Waals surface area contributed by atoms with E-state index in [0.717, 1.165) is 19.6 Å². The summed E-state index contributed by atoms with van der Waals surface area (Å²) < 4.78 is 0. The fourth-order valence-corrected chi connectivity index (χ4v) is 2.45. The second-order valence-corrected chi connectivity index (χ2v) is 4.96. The topological polar surface area (TPSA) is 61.6 Å². The Hall–Kier alpha value is -1.82. The first-order chi connectivity index (χ1) is 9.04. The number of para-hydroxylation sites is 1. The van der Waals surface area contributed by atoms with Crippen LogP contribution < -0.4 is 10.2 Å². The lowest BCUT2D eigenvalue weighted by Crippen LogP contribution is -2.50. The first-order valence-electron chi connectivity index (χ1n) is 6.45. The summed E-state index contributed by atoms with van der Waals surface area (Å²) in [4.78, 5) is 15.4. The number of hydrogen-bond acceptors (Lipinski definition) is 5. The van der Waals surface area contributed by atoms with E-state index in [-0.39, 0.29) is 10.6 Å². The predicted molar refractivity (Wildman–Crippen MR) is 76.9 cm³/mol. The number of nitrogens with one attached hydrogen (secondary N) is 1. The Bertz CT molecular complexity index is 478. The standard InChI is InChI=1S/C13H20N4O2/c1-10-9-16(8-7-15(10)3)12-6-4-5-11(14-2)13(12)17(18)19/h4-6,10,14H,7-9H2,1-3H3. The van der Waals surface area contributed by atoms with Crippen LogP contribution in [0.3, 0.4) is 0 Å². The van der Waals surface area contributed by atoms with Crippen LogP contribution in [-0.2, 0) is 0 Å². The summed E-state index contributed by atoms with van der Waals surface area (Å²) >= 11 is 0. The van der Waals surface area contributed by atoms with Crippen LogP contribution in [0.2, 0.25) is 0 Å². The molecule has 0 bridgehead atoms. The first kappa shape index (κ1) is 13.6. The lowest BCUT2D eigenvalue weighted by molar-refractivity contribution is -0.383. The molecule has 2 rings (SSSR count). The molecule has 104 valence electrons. The first-order valence-corrected chi connectivity index (χ1v) is 6.45. The van der Waals surface area contributed by atoms with Crippen molar-refractivity contribution >= 4 is 17.1 Å². The van der Waals surface area contributed by atoms with Crippen LogP contribution in [0.15, 0.2) is 18.2 Å². The lowest BCUT2D eigenvalue weighted by atomic mass is 10.1. The highest BCUT2D eigenvalue weighted by molar-refractivity contribution is 5.77. The molecule has 1 unspecified atom stereocenters. The van der Waals surface area contributed by atoms with Gasteiger partial charge in [0.05, 0.1) is 4.92 Å². The molecule has 1 aromatic rings. The van der Waals surface area contributed by atoms with Crippen molar-refractivity contribution in [2.24, 2.45) is 0 Å². The highest BCUT2D eigenvalue weighted by Crippen LogP contribution is 2.35. The molecule has 1 saturated heterocycles. The van der Waals surface area contributed by atoms with Gasteiger partial charge in [-0.1, -0.05) is 6.07 Å². The third kappa shape index (κ3) is 2.63. The van der Waals surface area contributed by atoms with Crippen LogP contribution in [0.1, 0.15) is 6.92 Å². The number of nitrogens with zero attached hydrogens (tertiary/aromatic N) is 3. The van der Waals surface area contributed by atoms with E-state index in [1.165, 1.54) is 0 Å². The van der Waals surface area contributed by atoms with E-state index < -0.39 is 0 Å². The van der Waals surface area contributed by atoms with E-state index in [4.69, 9.17) is 0 Å². The average Bonchev–Trinajstić information content (AvgIpc) is 2.40. The van der Waals surface area contributed by atoms with Crippen LogP contribution in [-0.4, -0.2) is 49.6 Å². The molecule has 0 radical (unpaired) electrons.